The molecule has 36 heavy (non-hydrogen) atoms. The van der Waals surface area contributed by atoms with Crippen molar-refractivity contribution < 1.29 is 22.9 Å². The minimum Gasteiger partial charge on any atom is -0.359 e. The lowest BCUT2D eigenvalue weighted by Gasteiger charge is -2.10. The zero-order valence-electron chi connectivity index (χ0n) is 19.1. The van der Waals surface area contributed by atoms with Crippen molar-refractivity contribution in [1.82, 2.24) is 15.1 Å². The van der Waals surface area contributed by atoms with Gasteiger partial charge in [0.25, 0.3) is 5.69 Å². The summed E-state index contributed by atoms with van der Waals surface area (Å²) >= 11 is 0. The molecule has 3 aromatic carbocycles. The number of amides is 1. The van der Waals surface area contributed by atoms with Gasteiger partial charge in [0.1, 0.15) is 0 Å². The maximum absolute atomic E-state index is 12.9. The number of alkyl halides is 3. The first-order valence-corrected chi connectivity index (χ1v) is 11.0. The van der Waals surface area contributed by atoms with E-state index >= 15 is 0 Å². The molecule has 0 aliphatic carbocycles. The van der Waals surface area contributed by atoms with Gasteiger partial charge in [0.05, 0.1) is 27.6 Å². The molecule has 7 nitrogen and oxygen atoms in total. The topological polar surface area (TPSA) is 90.1 Å². The van der Waals surface area contributed by atoms with Gasteiger partial charge in [-0.15, -0.1) is 0 Å². The first-order valence-electron chi connectivity index (χ1n) is 11.0. The molecule has 1 amide bonds. The average molecular weight is 494 g/mol. The van der Waals surface area contributed by atoms with Crippen molar-refractivity contribution in [3.05, 3.63) is 100 Å². The van der Waals surface area contributed by atoms with E-state index in [-0.39, 0.29) is 18.0 Å². The lowest BCUT2D eigenvalue weighted by atomic mass is 10.0. The molecule has 0 aliphatic rings. The van der Waals surface area contributed by atoms with Gasteiger partial charge in [-0.2, -0.15) is 18.3 Å². The van der Waals surface area contributed by atoms with Crippen LogP contribution >= 0.6 is 0 Å². The van der Waals surface area contributed by atoms with E-state index in [1.54, 1.807) is 36.0 Å². The number of aryl methyl sites for hydroxylation is 1. The molecular formula is C26H21F3N4O3. The van der Waals surface area contributed by atoms with Crippen LogP contribution in [0.1, 0.15) is 17.7 Å². The summed E-state index contributed by atoms with van der Waals surface area (Å²) in [5.74, 6) is -0.123. The van der Waals surface area contributed by atoms with E-state index in [0.29, 0.717) is 29.1 Å². The van der Waals surface area contributed by atoms with Crippen LogP contribution in [0.5, 0.6) is 0 Å². The van der Waals surface area contributed by atoms with E-state index in [1.807, 2.05) is 18.2 Å². The zero-order chi connectivity index (χ0) is 25.9. The molecule has 0 spiro atoms. The second-order valence-electron chi connectivity index (χ2n) is 8.03. The first-order chi connectivity index (χ1) is 17.2. The Hall–Kier alpha value is -4.47. The van der Waals surface area contributed by atoms with Crippen LogP contribution in [0, 0.1) is 10.1 Å². The lowest BCUT2D eigenvalue weighted by molar-refractivity contribution is -0.384. The molecule has 184 valence electrons. The third-order valence-corrected chi connectivity index (χ3v) is 5.68. The molecule has 0 aliphatic heterocycles. The molecule has 0 unspecified atom stereocenters. The van der Waals surface area contributed by atoms with Crippen LogP contribution in [0.4, 0.5) is 18.9 Å². The number of nitrogens with one attached hydrogen (secondary N) is 1. The molecule has 0 fully saturated rings. The molecule has 0 bridgehead atoms. The fraction of sp³-hybridized carbons (Fsp3) is 0.154. The van der Waals surface area contributed by atoms with Gasteiger partial charge in [-0.1, -0.05) is 36.4 Å². The molecule has 0 saturated carbocycles. The van der Waals surface area contributed by atoms with Crippen molar-refractivity contribution in [2.75, 3.05) is 7.05 Å². The summed E-state index contributed by atoms with van der Waals surface area (Å²) < 4.78 is 40.2. The summed E-state index contributed by atoms with van der Waals surface area (Å²) in [5, 5.41) is 18.2. The van der Waals surface area contributed by atoms with Crippen molar-refractivity contribution in [2.45, 2.75) is 19.0 Å². The number of hydrogen-bond acceptors (Lipinski definition) is 4. The number of halogens is 3. The molecule has 1 heterocycles. The van der Waals surface area contributed by atoms with E-state index in [1.165, 1.54) is 24.3 Å². The standard InChI is InChI=1S/C26H21F3N4O3/c1-30-25(34)15-10-21-16-24(32(31-21)22-11-13-23(14-12-22)33(35)36)19-4-2-17(3-5-19)18-6-8-20(9-7-18)26(27,28)29/h2-9,11-14,16H,10,15H2,1H3,(H,30,34). The molecule has 1 N–H and O–H groups in total. The largest absolute Gasteiger partial charge is 0.416 e. The minimum atomic E-state index is -4.39. The Kier molecular flexibility index (Phi) is 6.86. The maximum atomic E-state index is 12.9. The van der Waals surface area contributed by atoms with Crippen molar-refractivity contribution >= 4 is 11.6 Å². The monoisotopic (exact) mass is 494 g/mol. The molecule has 4 aromatic rings. The fourth-order valence-corrected chi connectivity index (χ4v) is 3.72. The summed E-state index contributed by atoms with van der Waals surface area (Å²) in [6.45, 7) is 0. The molecular weight excluding hydrogens is 473 g/mol. The van der Waals surface area contributed by atoms with Crippen LogP contribution in [0.2, 0.25) is 0 Å². The van der Waals surface area contributed by atoms with Crippen LogP contribution in [0.15, 0.2) is 78.9 Å². The Bertz CT molecular complexity index is 1380. The Balaban J connectivity index is 1.67. The van der Waals surface area contributed by atoms with E-state index in [9.17, 15) is 28.1 Å². The summed E-state index contributed by atoms with van der Waals surface area (Å²) in [6, 6.07) is 20.0. The van der Waals surface area contributed by atoms with Crippen molar-refractivity contribution in [3.63, 3.8) is 0 Å². The number of rotatable bonds is 7. The third-order valence-electron chi connectivity index (χ3n) is 5.68. The second-order valence-corrected chi connectivity index (χ2v) is 8.03. The van der Waals surface area contributed by atoms with E-state index in [4.69, 9.17) is 0 Å². The van der Waals surface area contributed by atoms with Crippen LogP contribution in [-0.2, 0) is 17.4 Å². The highest BCUT2D eigenvalue weighted by atomic mass is 19.4. The molecule has 0 atom stereocenters. The Morgan fingerprint density at radius 3 is 2.03 bits per heavy atom. The van der Waals surface area contributed by atoms with Crippen molar-refractivity contribution in [3.8, 4) is 28.1 Å². The highest BCUT2D eigenvalue weighted by Crippen LogP contribution is 2.32. The van der Waals surface area contributed by atoms with Crippen LogP contribution in [0.25, 0.3) is 28.1 Å². The smallest absolute Gasteiger partial charge is 0.359 e. The number of non-ortho nitro benzene ring substituents is 1. The van der Waals surface area contributed by atoms with E-state index < -0.39 is 16.7 Å². The predicted molar refractivity (Wildman–Crippen MR) is 128 cm³/mol. The molecule has 0 saturated heterocycles. The second kappa shape index (κ2) is 10.0. The average Bonchev–Trinajstić information content (AvgIpc) is 3.31. The van der Waals surface area contributed by atoms with Crippen molar-refractivity contribution in [2.24, 2.45) is 0 Å². The van der Waals surface area contributed by atoms with E-state index in [2.05, 4.69) is 10.4 Å². The van der Waals surface area contributed by atoms with Gasteiger partial charge in [0, 0.05) is 37.6 Å². The van der Waals surface area contributed by atoms with Gasteiger partial charge in [0.15, 0.2) is 0 Å². The molecule has 4 rings (SSSR count). The van der Waals surface area contributed by atoms with Gasteiger partial charge in [-0.25, -0.2) is 4.68 Å². The lowest BCUT2D eigenvalue weighted by Crippen LogP contribution is -2.18. The summed E-state index contributed by atoms with van der Waals surface area (Å²) in [5.41, 5.74) is 3.38. The summed E-state index contributed by atoms with van der Waals surface area (Å²) in [4.78, 5) is 22.2. The number of carbonyl (C=O) groups excluding carboxylic acids is 1. The number of hydrogen-bond donors (Lipinski definition) is 1. The number of carbonyl (C=O) groups is 1. The molecule has 10 heteroatoms. The van der Waals surface area contributed by atoms with E-state index in [0.717, 1.165) is 23.3 Å². The van der Waals surface area contributed by atoms with Crippen LogP contribution < -0.4 is 5.32 Å². The van der Waals surface area contributed by atoms with Gasteiger partial charge in [0.2, 0.25) is 5.91 Å². The molecule has 1 aromatic heterocycles. The van der Waals surface area contributed by atoms with Gasteiger partial charge < -0.3 is 5.32 Å². The number of aromatic nitrogens is 2. The quantitative estimate of drug-likeness (QED) is 0.259. The summed E-state index contributed by atoms with van der Waals surface area (Å²) in [7, 11) is 1.56. The number of benzene rings is 3. The van der Waals surface area contributed by atoms with Crippen LogP contribution in [-0.4, -0.2) is 27.7 Å². The number of nitro benzene ring substituents is 1. The Labute approximate surface area is 204 Å². The Morgan fingerprint density at radius 2 is 1.50 bits per heavy atom. The van der Waals surface area contributed by atoms with Crippen LogP contribution in [0.3, 0.4) is 0 Å². The third kappa shape index (κ3) is 5.43. The highest BCUT2D eigenvalue weighted by Gasteiger charge is 2.30. The minimum absolute atomic E-state index is 0.0480. The first kappa shape index (κ1) is 24.6. The summed E-state index contributed by atoms with van der Waals surface area (Å²) in [6.07, 6.45) is -3.75. The maximum Gasteiger partial charge on any atom is 0.416 e. The Morgan fingerprint density at radius 1 is 0.944 bits per heavy atom. The van der Waals surface area contributed by atoms with Crippen molar-refractivity contribution in [1.29, 1.82) is 0 Å². The van der Waals surface area contributed by atoms with Gasteiger partial charge >= 0.3 is 6.18 Å². The fourth-order valence-electron chi connectivity index (χ4n) is 3.72. The SMILES string of the molecule is CNC(=O)CCc1cc(-c2ccc(-c3ccc(C(F)(F)F)cc3)cc2)n(-c2ccc([N+](=O)[O-])cc2)n1. The van der Waals surface area contributed by atoms with Gasteiger partial charge in [-0.3, -0.25) is 14.9 Å². The van der Waals surface area contributed by atoms with Gasteiger partial charge in [-0.05, 0) is 41.5 Å². The highest BCUT2D eigenvalue weighted by molar-refractivity contribution is 5.76. The molecule has 0 radical (unpaired) electrons. The normalized spacial score (nSPS) is 11.3. The predicted octanol–water partition coefficient (Wildman–Crippen LogP) is 5.81. The number of nitrogens with zero attached hydrogens (tertiary/aromatic N) is 3. The zero-order valence-corrected chi connectivity index (χ0v) is 19.1. The number of nitro groups is 1.